The molecule has 6 nitrogen and oxygen atoms in total. The molecule has 6 heteroatoms. The molecule has 2 heterocycles. The second-order valence-electron chi connectivity index (χ2n) is 6.49. The van der Waals surface area contributed by atoms with Gasteiger partial charge in [-0.1, -0.05) is 24.3 Å². The highest BCUT2D eigenvalue weighted by Gasteiger charge is 2.23. The van der Waals surface area contributed by atoms with E-state index in [1.807, 2.05) is 48.5 Å². The molecule has 136 valence electrons. The average molecular weight is 360 g/mol. The third kappa shape index (κ3) is 3.46. The van der Waals surface area contributed by atoms with Crippen molar-refractivity contribution in [3.05, 3.63) is 71.5 Å². The molecule has 4 rings (SSSR count). The molecule has 3 aromatic rings. The van der Waals surface area contributed by atoms with Gasteiger partial charge in [0.25, 0.3) is 5.91 Å². The lowest BCUT2D eigenvalue weighted by Crippen LogP contribution is -2.36. The van der Waals surface area contributed by atoms with Gasteiger partial charge in [-0.15, -0.1) is 0 Å². The molecule has 0 spiro atoms. The minimum absolute atomic E-state index is 0.00461. The van der Waals surface area contributed by atoms with E-state index in [9.17, 15) is 4.79 Å². The first-order valence-corrected chi connectivity index (χ1v) is 8.78. The van der Waals surface area contributed by atoms with Gasteiger partial charge in [0, 0.05) is 18.3 Å². The fourth-order valence-electron chi connectivity index (χ4n) is 3.28. The quantitative estimate of drug-likeness (QED) is 0.777. The number of methoxy groups -OCH3 is 1. The molecule has 2 aromatic carbocycles. The molecule has 1 amide bonds. The van der Waals surface area contributed by atoms with E-state index in [1.54, 1.807) is 18.2 Å². The number of anilines is 1. The maximum absolute atomic E-state index is 12.9. The number of carbonyl (C=O) groups is 1. The van der Waals surface area contributed by atoms with Gasteiger partial charge in [0.15, 0.2) is 0 Å². The van der Waals surface area contributed by atoms with Crippen LogP contribution in [0, 0.1) is 0 Å². The molecular weight excluding hydrogens is 340 g/mol. The standard InChI is InChI=1S/C21H20N4O2/c1-27-18-4-2-3-16(11-18)14-5-7-15(8-6-14)20(26)25-10-9-17-12-23-21(22)24-19(17)13-25/h2-8,11-12H,9-10,13H2,1H3,(H2,22,23,24). The Labute approximate surface area is 157 Å². The van der Waals surface area contributed by atoms with E-state index >= 15 is 0 Å². The van der Waals surface area contributed by atoms with E-state index in [0.29, 0.717) is 18.7 Å². The number of benzene rings is 2. The number of hydrogen-bond donors (Lipinski definition) is 1. The van der Waals surface area contributed by atoms with E-state index in [-0.39, 0.29) is 11.9 Å². The molecule has 2 N–H and O–H groups in total. The van der Waals surface area contributed by atoms with Crippen molar-refractivity contribution >= 4 is 11.9 Å². The minimum Gasteiger partial charge on any atom is -0.497 e. The third-order valence-electron chi connectivity index (χ3n) is 4.79. The smallest absolute Gasteiger partial charge is 0.254 e. The normalized spacial score (nSPS) is 13.1. The third-order valence-corrected chi connectivity index (χ3v) is 4.79. The van der Waals surface area contributed by atoms with Gasteiger partial charge in [-0.2, -0.15) is 0 Å². The second kappa shape index (κ2) is 7.07. The first-order chi connectivity index (χ1) is 13.1. The van der Waals surface area contributed by atoms with Gasteiger partial charge < -0.3 is 15.4 Å². The Morgan fingerprint density at radius 2 is 1.96 bits per heavy atom. The Balaban J connectivity index is 1.53. The van der Waals surface area contributed by atoms with Crippen LogP contribution < -0.4 is 10.5 Å². The summed E-state index contributed by atoms with van der Waals surface area (Å²) in [4.78, 5) is 23.0. The summed E-state index contributed by atoms with van der Waals surface area (Å²) in [6, 6.07) is 15.5. The van der Waals surface area contributed by atoms with Crippen LogP contribution in [0.15, 0.2) is 54.7 Å². The van der Waals surface area contributed by atoms with Gasteiger partial charge in [0.1, 0.15) is 5.75 Å². The summed E-state index contributed by atoms with van der Waals surface area (Å²) in [5, 5.41) is 0. The zero-order valence-electron chi connectivity index (χ0n) is 15.1. The van der Waals surface area contributed by atoms with Gasteiger partial charge in [-0.3, -0.25) is 4.79 Å². The number of ether oxygens (including phenoxy) is 1. The van der Waals surface area contributed by atoms with Crippen molar-refractivity contribution in [2.45, 2.75) is 13.0 Å². The van der Waals surface area contributed by atoms with E-state index in [4.69, 9.17) is 10.5 Å². The lowest BCUT2D eigenvalue weighted by molar-refractivity contribution is 0.0732. The second-order valence-corrected chi connectivity index (χ2v) is 6.49. The average Bonchev–Trinajstić information content (AvgIpc) is 2.73. The van der Waals surface area contributed by atoms with Crippen LogP contribution in [-0.2, 0) is 13.0 Å². The number of amides is 1. The van der Waals surface area contributed by atoms with Gasteiger partial charge in [0.2, 0.25) is 5.95 Å². The predicted octanol–water partition coefficient (Wildman–Crippen LogP) is 2.93. The SMILES string of the molecule is COc1cccc(-c2ccc(C(=O)N3CCc4cnc(N)nc4C3)cc2)c1. The zero-order valence-corrected chi connectivity index (χ0v) is 15.1. The number of fused-ring (bicyclic) bond motifs is 1. The molecule has 0 atom stereocenters. The highest BCUT2D eigenvalue weighted by Crippen LogP contribution is 2.25. The van der Waals surface area contributed by atoms with Crippen molar-refractivity contribution in [2.75, 3.05) is 19.4 Å². The molecule has 0 saturated carbocycles. The Kier molecular flexibility index (Phi) is 4.46. The summed E-state index contributed by atoms with van der Waals surface area (Å²) in [5.74, 6) is 1.04. The highest BCUT2D eigenvalue weighted by atomic mass is 16.5. The van der Waals surface area contributed by atoms with Crippen molar-refractivity contribution in [3.8, 4) is 16.9 Å². The van der Waals surface area contributed by atoms with Gasteiger partial charge >= 0.3 is 0 Å². The van der Waals surface area contributed by atoms with Crippen LogP contribution in [0.4, 0.5) is 5.95 Å². The highest BCUT2D eigenvalue weighted by molar-refractivity contribution is 5.94. The number of hydrogen-bond acceptors (Lipinski definition) is 5. The summed E-state index contributed by atoms with van der Waals surface area (Å²) in [7, 11) is 1.65. The molecule has 1 aromatic heterocycles. The molecule has 0 radical (unpaired) electrons. The van der Waals surface area contributed by atoms with Crippen LogP contribution in [0.1, 0.15) is 21.6 Å². The Morgan fingerprint density at radius 1 is 1.15 bits per heavy atom. The molecular formula is C21H20N4O2. The van der Waals surface area contributed by atoms with E-state index < -0.39 is 0 Å². The van der Waals surface area contributed by atoms with E-state index in [1.165, 1.54) is 0 Å². The molecule has 0 aliphatic carbocycles. The van der Waals surface area contributed by atoms with Crippen LogP contribution in [0.2, 0.25) is 0 Å². The maximum atomic E-state index is 12.9. The van der Waals surface area contributed by atoms with Crippen LogP contribution in [0.25, 0.3) is 11.1 Å². The largest absolute Gasteiger partial charge is 0.497 e. The van der Waals surface area contributed by atoms with Crippen molar-refractivity contribution < 1.29 is 9.53 Å². The Bertz CT molecular complexity index is 986. The fourth-order valence-corrected chi connectivity index (χ4v) is 3.28. The van der Waals surface area contributed by atoms with Gasteiger partial charge in [0.05, 0.1) is 19.3 Å². The van der Waals surface area contributed by atoms with Gasteiger partial charge in [-0.25, -0.2) is 9.97 Å². The van der Waals surface area contributed by atoms with Crippen molar-refractivity contribution in [1.82, 2.24) is 14.9 Å². The van der Waals surface area contributed by atoms with E-state index in [0.717, 1.165) is 34.6 Å². The van der Waals surface area contributed by atoms with Crippen LogP contribution >= 0.6 is 0 Å². The molecule has 0 fully saturated rings. The zero-order chi connectivity index (χ0) is 18.8. The molecule has 1 aliphatic rings. The summed E-state index contributed by atoms with van der Waals surface area (Å²) >= 11 is 0. The Morgan fingerprint density at radius 3 is 2.74 bits per heavy atom. The predicted molar refractivity (Wildman–Crippen MR) is 103 cm³/mol. The number of nitrogens with two attached hydrogens (primary N) is 1. The lowest BCUT2D eigenvalue weighted by atomic mass is 10.0. The maximum Gasteiger partial charge on any atom is 0.254 e. The lowest BCUT2D eigenvalue weighted by Gasteiger charge is -2.28. The van der Waals surface area contributed by atoms with Crippen LogP contribution in [0.3, 0.4) is 0 Å². The molecule has 0 bridgehead atoms. The number of aromatic nitrogens is 2. The Hall–Kier alpha value is -3.41. The minimum atomic E-state index is -0.00461. The van der Waals surface area contributed by atoms with Crippen molar-refractivity contribution in [3.63, 3.8) is 0 Å². The number of nitrogen functional groups attached to an aromatic ring is 1. The summed E-state index contributed by atoms with van der Waals surface area (Å²) in [5.41, 5.74) is 10.3. The summed E-state index contributed by atoms with van der Waals surface area (Å²) < 4.78 is 5.27. The number of carbonyl (C=O) groups excluding carboxylic acids is 1. The monoisotopic (exact) mass is 360 g/mol. The first kappa shape index (κ1) is 17.0. The topological polar surface area (TPSA) is 81.3 Å². The van der Waals surface area contributed by atoms with Crippen molar-refractivity contribution in [2.24, 2.45) is 0 Å². The molecule has 0 saturated heterocycles. The fraction of sp³-hybridized carbons (Fsp3) is 0.190. The van der Waals surface area contributed by atoms with Gasteiger partial charge in [-0.05, 0) is 47.4 Å². The molecule has 0 unspecified atom stereocenters. The van der Waals surface area contributed by atoms with E-state index in [2.05, 4.69) is 9.97 Å². The number of nitrogens with zero attached hydrogens (tertiary/aromatic N) is 3. The summed E-state index contributed by atoms with van der Waals surface area (Å²) in [6.07, 6.45) is 2.49. The van der Waals surface area contributed by atoms with Crippen LogP contribution in [0.5, 0.6) is 5.75 Å². The summed E-state index contributed by atoms with van der Waals surface area (Å²) in [6.45, 7) is 1.11. The first-order valence-electron chi connectivity index (χ1n) is 8.78. The molecule has 1 aliphatic heterocycles. The number of rotatable bonds is 3. The van der Waals surface area contributed by atoms with Crippen molar-refractivity contribution in [1.29, 1.82) is 0 Å². The molecule has 27 heavy (non-hydrogen) atoms. The van der Waals surface area contributed by atoms with Crippen LogP contribution in [-0.4, -0.2) is 34.4 Å².